The first kappa shape index (κ1) is 11.7. The molecule has 0 bridgehead atoms. The van der Waals surface area contributed by atoms with E-state index in [0.29, 0.717) is 18.7 Å². The molecule has 2 aliphatic heterocycles. The SMILES string of the molecule is O=C1NCCc2ccc(C(O)C3CCCO3)cc21. The van der Waals surface area contributed by atoms with Gasteiger partial charge in [-0.25, -0.2) is 0 Å². The Morgan fingerprint density at radius 3 is 3.11 bits per heavy atom. The summed E-state index contributed by atoms with van der Waals surface area (Å²) in [5.74, 6) is -0.0439. The number of rotatable bonds is 2. The fourth-order valence-electron chi connectivity index (χ4n) is 2.68. The van der Waals surface area contributed by atoms with Crippen molar-refractivity contribution in [2.75, 3.05) is 13.2 Å². The van der Waals surface area contributed by atoms with Gasteiger partial charge < -0.3 is 15.2 Å². The van der Waals surface area contributed by atoms with Crippen molar-refractivity contribution < 1.29 is 14.6 Å². The minimum absolute atomic E-state index is 0.0439. The zero-order chi connectivity index (χ0) is 12.5. The number of carbonyl (C=O) groups is 1. The van der Waals surface area contributed by atoms with E-state index in [-0.39, 0.29) is 12.0 Å². The molecule has 2 N–H and O–H groups in total. The molecule has 2 atom stereocenters. The average molecular weight is 247 g/mol. The minimum atomic E-state index is -0.632. The van der Waals surface area contributed by atoms with Crippen molar-refractivity contribution in [2.24, 2.45) is 0 Å². The summed E-state index contributed by atoms with van der Waals surface area (Å²) in [5.41, 5.74) is 2.52. The van der Waals surface area contributed by atoms with E-state index in [1.165, 1.54) is 0 Å². The summed E-state index contributed by atoms with van der Waals surface area (Å²) in [6.07, 6.45) is 1.97. The molecule has 0 aliphatic carbocycles. The summed E-state index contributed by atoms with van der Waals surface area (Å²) in [6.45, 7) is 1.41. The Morgan fingerprint density at radius 2 is 2.33 bits per heavy atom. The Balaban J connectivity index is 1.88. The number of nitrogens with one attached hydrogen (secondary N) is 1. The highest BCUT2D eigenvalue weighted by Crippen LogP contribution is 2.28. The van der Waals surface area contributed by atoms with Crippen LogP contribution >= 0.6 is 0 Å². The van der Waals surface area contributed by atoms with Crippen molar-refractivity contribution in [3.63, 3.8) is 0 Å². The maximum Gasteiger partial charge on any atom is 0.251 e. The van der Waals surface area contributed by atoms with Gasteiger partial charge in [-0.1, -0.05) is 12.1 Å². The third-order valence-corrected chi connectivity index (χ3v) is 3.72. The minimum Gasteiger partial charge on any atom is -0.386 e. The number of amides is 1. The van der Waals surface area contributed by atoms with Crippen molar-refractivity contribution >= 4 is 5.91 Å². The Kier molecular flexibility index (Phi) is 3.06. The van der Waals surface area contributed by atoms with Crippen molar-refractivity contribution in [3.05, 3.63) is 34.9 Å². The maximum atomic E-state index is 11.8. The van der Waals surface area contributed by atoms with Gasteiger partial charge in [-0.15, -0.1) is 0 Å². The van der Waals surface area contributed by atoms with Gasteiger partial charge in [-0.3, -0.25) is 4.79 Å². The van der Waals surface area contributed by atoms with E-state index in [1.807, 2.05) is 12.1 Å². The second-order valence-corrected chi connectivity index (χ2v) is 4.92. The lowest BCUT2D eigenvalue weighted by Crippen LogP contribution is -2.32. The molecule has 0 spiro atoms. The molecule has 1 amide bonds. The summed E-state index contributed by atoms with van der Waals surface area (Å²) < 4.78 is 5.49. The topological polar surface area (TPSA) is 58.6 Å². The molecule has 3 rings (SSSR count). The molecule has 4 heteroatoms. The Labute approximate surface area is 106 Å². The molecule has 0 saturated carbocycles. The lowest BCUT2D eigenvalue weighted by molar-refractivity contribution is -0.00262. The number of benzene rings is 1. The van der Waals surface area contributed by atoms with Crippen molar-refractivity contribution in [1.29, 1.82) is 0 Å². The molecule has 4 nitrogen and oxygen atoms in total. The zero-order valence-corrected chi connectivity index (χ0v) is 10.2. The molecule has 18 heavy (non-hydrogen) atoms. The molecule has 96 valence electrons. The van der Waals surface area contributed by atoms with Crippen LogP contribution in [0.4, 0.5) is 0 Å². The Morgan fingerprint density at radius 1 is 1.44 bits per heavy atom. The lowest BCUT2D eigenvalue weighted by atomic mass is 9.94. The standard InChI is InChI=1S/C14H17NO3/c16-13(12-2-1-7-18-12)10-4-3-9-5-6-15-14(17)11(9)8-10/h3-4,8,12-13,16H,1-2,5-7H2,(H,15,17). The molecule has 2 aliphatic rings. The molecule has 1 aromatic carbocycles. The summed E-state index contributed by atoms with van der Waals surface area (Å²) in [7, 11) is 0. The van der Waals surface area contributed by atoms with Crippen LogP contribution in [0, 0.1) is 0 Å². The summed E-state index contributed by atoms with van der Waals surface area (Å²) in [6, 6.07) is 5.65. The van der Waals surface area contributed by atoms with Gasteiger partial charge in [0.15, 0.2) is 0 Å². The van der Waals surface area contributed by atoms with E-state index >= 15 is 0 Å². The quantitative estimate of drug-likeness (QED) is 0.825. The Hall–Kier alpha value is -1.39. The molecule has 2 unspecified atom stereocenters. The summed E-state index contributed by atoms with van der Waals surface area (Å²) in [4.78, 5) is 11.8. The second kappa shape index (κ2) is 4.71. The number of ether oxygens (including phenoxy) is 1. The molecular formula is C14H17NO3. The van der Waals surface area contributed by atoms with Gasteiger partial charge in [0.2, 0.25) is 0 Å². The van der Waals surface area contributed by atoms with Crippen LogP contribution in [0.2, 0.25) is 0 Å². The van der Waals surface area contributed by atoms with Gasteiger partial charge in [-0.05, 0) is 36.5 Å². The molecule has 1 saturated heterocycles. The normalized spacial score (nSPS) is 24.5. The van der Waals surface area contributed by atoms with E-state index in [9.17, 15) is 9.90 Å². The van der Waals surface area contributed by atoms with Crippen LogP contribution in [0.25, 0.3) is 0 Å². The number of aliphatic hydroxyl groups excluding tert-OH is 1. The highest BCUT2D eigenvalue weighted by molar-refractivity contribution is 5.96. The molecular weight excluding hydrogens is 230 g/mol. The van der Waals surface area contributed by atoms with Crippen molar-refractivity contribution in [2.45, 2.75) is 31.5 Å². The van der Waals surface area contributed by atoms with Crippen LogP contribution in [0.15, 0.2) is 18.2 Å². The molecule has 1 aromatic rings. The average Bonchev–Trinajstić information content (AvgIpc) is 2.92. The van der Waals surface area contributed by atoms with E-state index in [1.54, 1.807) is 6.07 Å². The molecule has 2 heterocycles. The Bertz CT molecular complexity index is 466. The van der Waals surface area contributed by atoms with Crippen LogP contribution < -0.4 is 5.32 Å². The number of fused-ring (bicyclic) bond motifs is 1. The van der Waals surface area contributed by atoms with E-state index in [0.717, 1.165) is 30.4 Å². The summed E-state index contributed by atoms with van der Waals surface area (Å²) in [5, 5.41) is 13.1. The van der Waals surface area contributed by atoms with E-state index < -0.39 is 6.10 Å². The first-order chi connectivity index (χ1) is 8.75. The summed E-state index contributed by atoms with van der Waals surface area (Å²) >= 11 is 0. The van der Waals surface area contributed by atoms with Crippen LogP contribution in [0.1, 0.15) is 40.4 Å². The van der Waals surface area contributed by atoms with Gasteiger partial charge in [0.05, 0.1) is 6.10 Å². The first-order valence-corrected chi connectivity index (χ1v) is 6.46. The van der Waals surface area contributed by atoms with Crippen molar-refractivity contribution in [3.8, 4) is 0 Å². The largest absolute Gasteiger partial charge is 0.386 e. The van der Waals surface area contributed by atoms with Crippen molar-refractivity contribution in [1.82, 2.24) is 5.32 Å². The lowest BCUT2D eigenvalue weighted by Gasteiger charge is -2.21. The van der Waals surface area contributed by atoms with E-state index in [4.69, 9.17) is 4.74 Å². The predicted molar refractivity (Wildman–Crippen MR) is 66.4 cm³/mol. The van der Waals surface area contributed by atoms with Gasteiger partial charge in [-0.2, -0.15) is 0 Å². The predicted octanol–water partition coefficient (Wildman–Crippen LogP) is 1.18. The third kappa shape index (κ3) is 2.02. The van der Waals surface area contributed by atoms with Gasteiger partial charge in [0, 0.05) is 18.7 Å². The fraction of sp³-hybridized carbons (Fsp3) is 0.500. The number of hydrogen-bond donors (Lipinski definition) is 2. The highest BCUT2D eigenvalue weighted by atomic mass is 16.5. The first-order valence-electron chi connectivity index (χ1n) is 6.46. The molecule has 1 fully saturated rings. The highest BCUT2D eigenvalue weighted by Gasteiger charge is 2.27. The number of carbonyl (C=O) groups excluding carboxylic acids is 1. The smallest absolute Gasteiger partial charge is 0.251 e. The van der Waals surface area contributed by atoms with Crippen LogP contribution in [-0.4, -0.2) is 30.3 Å². The van der Waals surface area contributed by atoms with Crippen LogP contribution in [-0.2, 0) is 11.2 Å². The maximum absolute atomic E-state index is 11.8. The van der Waals surface area contributed by atoms with Crippen LogP contribution in [0.3, 0.4) is 0 Å². The molecule has 0 radical (unpaired) electrons. The third-order valence-electron chi connectivity index (χ3n) is 3.72. The van der Waals surface area contributed by atoms with Gasteiger partial charge in [0.25, 0.3) is 5.91 Å². The second-order valence-electron chi connectivity index (χ2n) is 4.92. The van der Waals surface area contributed by atoms with E-state index in [2.05, 4.69) is 5.32 Å². The van der Waals surface area contributed by atoms with Gasteiger partial charge in [0.1, 0.15) is 6.10 Å². The van der Waals surface area contributed by atoms with Crippen LogP contribution in [0.5, 0.6) is 0 Å². The number of hydrogen-bond acceptors (Lipinski definition) is 3. The fourth-order valence-corrected chi connectivity index (χ4v) is 2.68. The zero-order valence-electron chi connectivity index (χ0n) is 10.2. The van der Waals surface area contributed by atoms with Gasteiger partial charge >= 0.3 is 0 Å². The number of aliphatic hydroxyl groups is 1. The monoisotopic (exact) mass is 247 g/mol. The molecule has 0 aromatic heterocycles.